The first-order valence-electron chi connectivity index (χ1n) is 7.08. The van der Waals surface area contributed by atoms with E-state index in [0.717, 1.165) is 12.8 Å². The lowest BCUT2D eigenvalue weighted by Gasteiger charge is -2.30. The molecular formula is C15H21ClN2O3. The van der Waals surface area contributed by atoms with Gasteiger partial charge < -0.3 is 4.90 Å². The van der Waals surface area contributed by atoms with Crippen LogP contribution in [0.2, 0.25) is 0 Å². The van der Waals surface area contributed by atoms with Crippen molar-refractivity contribution < 1.29 is 9.72 Å². The third kappa shape index (κ3) is 4.17. The number of alkyl halides is 1. The van der Waals surface area contributed by atoms with Crippen LogP contribution in [0.1, 0.15) is 42.6 Å². The van der Waals surface area contributed by atoms with Gasteiger partial charge in [-0.1, -0.05) is 19.9 Å². The molecule has 0 aromatic heterocycles. The second kappa shape index (κ2) is 7.98. The molecule has 0 aliphatic heterocycles. The fourth-order valence-corrected chi connectivity index (χ4v) is 2.56. The zero-order chi connectivity index (χ0) is 16.0. The van der Waals surface area contributed by atoms with Gasteiger partial charge in [0.2, 0.25) is 0 Å². The molecule has 1 aromatic carbocycles. The molecule has 1 rings (SSSR count). The van der Waals surface area contributed by atoms with Crippen molar-refractivity contribution in [1.82, 2.24) is 4.90 Å². The Bertz CT molecular complexity index is 516. The Labute approximate surface area is 130 Å². The third-order valence-corrected chi connectivity index (χ3v) is 3.79. The normalized spacial score (nSPS) is 10.7. The summed E-state index contributed by atoms with van der Waals surface area (Å²) in [5, 5.41) is 11.0. The SMILES string of the molecule is CCC(CC)N(CCCl)C(=O)c1ccc(C)c([N+](=O)[O-])c1. The number of rotatable bonds is 7. The van der Waals surface area contributed by atoms with Gasteiger partial charge in [-0.3, -0.25) is 14.9 Å². The first kappa shape index (κ1) is 17.4. The Morgan fingerprint density at radius 1 is 1.38 bits per heavy atom. The van der Waals surface area contributed by atoms with E-state index in [-0.39, 0.29) is 17.6 Å². The molecule has 0 spiro atoms. The van der Waals surface area contributed by atoms with Crippen LogP contribution in [-0.4, -0.2) is 34.2 Å². The van der Waals surface area contributed by atoms with Gasteiger partial charge in [0.15, 0.2) is 0 Å². The molecule has 21 heavy (non-hydrogen) atoms. The maximum absolute atomic E-state index is 12.6. The highest BCUT2D eigenvalue weighted by molar-refractivity contribution is 6.18. The molecule has 0 bridgehead atoms. The van der Waals surface area contributed by atoms with Gasteiger partial charge in [0, 0.05) is 35.7 Å². The van der Waals surface area contributed by atoms with Crippen LogP contribution in [0.15, 0.2) is 18.2 Å². The van der Waals surface area contributed by atoms with E-state index in [1.807, 2.05) is 13.8 Å². The van der Waals surface area contributed by atoms with Gasteiger partial charge in [0.25, 0.3) is 11.6 Å². The summed E-state index contributed by atoms with van der Waals surface area (Å²) in [6.45, 7) is 6.12. The predicted molar refractivity (Wildman–Crippen MR) is 84.0 cm³/mol. The fraction of sp³-hybridized carbons (Fsp3) is 0.533. The molecule has 0 saturated carbocycles. The van der Waals surface area contributed by atoms with Gasteiger partial charge in [-0.2, -0.15) is 0 Å². The van der Waals surface area contributed by atoms with Crippen molar-refractivity contribution in [3.05, 3.63) is 39.4 Å². The highest BCUT2D eigenvalue weighted by atomic mass is 35.5. The van der Waals surface area contributed by atoms with E-state index in [2.05, 4.69) is 0 Å². The molecule has 0 aliphatic carbocycles. The highest BCUT2D eigenvalue weighted by Gasteiger charge is 2.23. The van der Waals surface area contributed by atoms with Crippen molar-refractivity contribution in [1.29, 1.82) is 0 Å². The number of amides is 1. The number of benzene rings is 1. The van der Waals surface area contributed by atoms with Crippen LogP contribution in [0.25, 0.3) is 0 Å². The maximum Gasteiger partial charge on any atom is 0.273 e. The van der Waals surface area contributed by atoms with Crippen LogP contribution in [0.4, 0.5) is 5.69 Å². The first-order chi connectivity index (χ1) is 9.96. The number of nitro benzene ring substituents is 1. The predicted octanol–water partition coefficient (Wildman–Crippen LogP) is 3.77. The minimum Gasteiger partial charge on any atom is -0.334 e. The molecule has 0 heterocycles. The van der Waals surface area contributed by atoms with Crippen molar-refractivity contribution >= 4 is 23.2 Å². The summed E-state index contributed by atoms with van der Waals surface area (Å²) in [5.74, 6) is 0.142. The Hall–Kier alpha value is -1.62. The minimum atomic E-state index is -0.463. The van der Waals surface area contributed by atoms with Crippen molar-refractivity contribution in [2.24, 2.45) is 0 Å². The van der Waals surface area contributed by atoms with Crippen LogP contribution < -0.4 is 0 Å². The molecule has 0 aliphatic rings. The van der Waals surface area contributed by atoms with Gasteiger partial charge in [-0.15, -0.1) is 11.6 Å². The third-order valence-electron chi connectivity index (χ3n) is 3.62. The molecule has 6 heteroatoms. The molecule has 0 N–H and O–H groups in total. The van der Waals surface area contributed by atoms with Crippen LogP contribution in [-0.2, 0) is 0 Å². The number of halogens is 1. The molecule has 0 saturated heterocycles. The van der Waals surface area contributed by atoms with Gasteiger partial charge in [0.05, 0.1) is 4.92 Å². The van der Waals surface area contributed by atoms with E-state index >= 15 is 0 Å². The molecule has 0 atom stereocenters. The van der Waals surface area contributed by atoms with Crippen LogP contribution in [0, 0.1) is 17.0 Å². The average molecular weight is 313 g/mol. The average Bonchev–Trinajstić information content (AvgIpc) is 2.47. The summed E-state index contributed by atoms with van der Waals surface area (Å²) < 4.78 is 0. The Kier molecular flexibility index (Phi) is 6.62. The second-order valence-electron chi connectivity index (χ2n) is 4.92. The number of carbonyl (C=O) groups excluding carboxylic acids is 1. The fourth-order valence-electron chi connectivity index (χ4n) is 2.38. The van der Waals surface area contributed by atoms with Gasteiger partial charge in [-0.25, -0.2) is 0 Å². The monoisotopic (exact) mass is 312 g/mol. The first-order valence-corrected chi connectivity index (χ1v) is 7.61. The molecule has 1 amide bonds. The summed E-state index contributed by atoms with van der Waals surface area (Å²) in [4.78, 5) is 24.9. The molecule has 5 nitrogen and oxygen atoms in total. The zero-order valence-corrected chi connectivity index (χ0v) is 13.4. The van der Waals surface area contributed by atoms with E-state index < -0.39 is 4.92 Å². The summed E-state index contributed by atoms with van der Waals surface area (Å²) in [6, 6.07) is 4.68. The molecule has 0 fully saturated rings. The van der Waals surface area contributed by atoms with E-state index in [9.17, 15) is 14.9 Å². The van der Waals surface area contributed by atoms with Crippen molar-refractivity contribution in [3.8, 4) is 0 Å². The molecule has 0 unspecified atom stereocenters. The maximum atomic E-state index is 12.6. The molecule has 116 valence electrons. The van der Waals surface area contributed by atoms with E-state index in [0.29, 0.717) is 23.6 Å². The summed E-state index contributed by atoms with van der Waals surface area (Å²) >= 11 is 5.79. The Balaban J connectivity index is 3.14. The van der Waals surface area contributed by atoms with E-state index in [1.165, 1.54) is 6.07 Å². The van der Waals surface area contributed by atoms with Crippen molar-refractivity contribution in [2.45, 2.75) is 39.7 Å². The number of carbonyl (C=O) groups is 1. The molecular weight excluding hydrogens is 292 g/mol. The van der Waals surface area contributed by atoms with Crippen LogP contribution in [0.3, 0.4) is 0 Å². The lowest BCUT2D eigenvalue weighted by Crippen LogP contribution is -2.41. The summed E-state index contributed by atoms with van der Waals surface area (Å²) in [7, 11) is 0. The number of aryl methyl sites for hydroxylation is 1. The lowest BCUT2D eigenvalue weighted by molar-refractivity contribution is -0.385. The van der Waals surface area contributed by atoms with Crippen molar-refractivity contribution in [2.75, 3.05) is 12.4 Å². The number of nitro groups is 1. The van der Waals surface area contributed by atoms with Gasteiger partial charge >= 0.3 is 0 Å². The standard InChI is InChI=1S/C15H21ClN2O3/c1-4-13(5-2)17(9-8-16)15(19)12-7-6-11(3)14(10-12)18(20)21/h6-7,10,13H,4-5,8-9H2,1-3H3. The largest absolute Gasteiger partial charge is 0.334 e. The van der Waals surface area contributed by atoms with Crippen LogP contribution in [0.5, 0.6) is 0 Å². The second-order valence-corrected chi connectivity index (χ2v) is 5.29. The smallest absolute Gasteiger partial charge is 0.273 e. The minimum absolute atomic E-state index is 0.0313. The summed E-state index contributed by atoms with van der Waals surface area (Å²) in [6.07, 6.45) is 1.65. The number of nitrogens with zero attached hydrogens (tertiary/aromatic N) is 2. The molecule has 1 aromatic rings. The molecule has 0 radical (unpaired) electrons. The Morgan fingerprint density at radius 3 is 2.48 bits per heavy atom. The van der Waals surface area contributed by atoms with E-state index in [4.69, 9.17) is 11.6 Å². The van der Waals surface area contributed by atoms with Crippen molar-refractivity contribution in [3.63, 3.8) is 0 Å². The lowest BCUT2D eigenvalue weighted by atomic mass is 10.1. The van der Waals surface area contributed by atoms with Gasteiger partial charge in [-0.05, 0) is 25.8 Å². The number of hydrogen-bond acceptors (Lipinski definition) is 3. The summed E-state index contributed by atoms with van der Waals surface area (Å²) in [5.41, 5.74) is 0.850. The Morgan fingerprint density at radius 2 is 2.00 bits per heavy atom. The topological polar surface area (TPSA) is 63.5 Å². The zero-order valence-electron chi connectivity index (χ0n) is 12.6. The van der Waals surface area contributed by atoms with Crippen LogP contribution >= 0.6 is 11.6 Å². The quantitative estimate of drug-likeness (QED) is 0.437. The van der Waals surface area contributed by atoms with Gasteiger partial charge in [0.1, 0.15) is 0 Å². The number of hydrogen-bond donors (Lipinski definition) is 0. The van der Waals surface area contributed by atoms with E-state index in [1.54, 1.807) is 24.0 Å². The highest BCUT2D eigenvalue weighted by Crippen LogP contribution is 2.21.